The standard InChI is InChI=1S/C17H26N2O4/c1-10(2)9-19(8-7-14(21)23-6)17(22)16-11(3)15(13(5)20)12(4)18-16/h10,18H,7-9H2,1-6H3. The Morgan fingerprint density at radius 2 is 1.83 bits per heavy atom. The zero-order valence-corrected chi connectivity index (χ0v) is 14.8. The Balaban J connectivity index is 3.07. The minimum Gasteiger partial charge on any atom is -0.469 e. The van der Waals surface area contributed by atoms with E-state index in [1.54, 1.807) is 18.7 Å². The summed E-state index contributed by atoms with van der Waals surface area (Å²) in [6.45, 7) is 9.86. The maximum Gasteiger partial charge on any atom is 0.307 e. The molecule has 0 aliphatic heterocycles. The van der Waals surface area contributed by atoms with Gasteiger partial charge in [0.05, 0.1) is 13.5 Å². The van der Waals surface area contributed by atoms with E-state index < -0.39 is 0 Å². The Hall–Kier alpha value is -2.11. The van der Waals surface area contributed by atoms with Gasteiger partial charge in [0.15, 0.2) is 5.78 Å². The highest BCUT2D eigenvalue weighted by atomic mass is 16.5. The van der Waals surface area contributed by atoms with Crippen LogP contribution in [0.3, 0.4) is 0 Å². The first-order chi connectivity index (χ1) is 10.7. The zero-order chi connectivity index (χ0) is 17.7. The van der Waals surface area contributed by atoms with E-state index in [1.807, 2.05) is 13.8 Å². The summed E-state index contributed by atoms with van der Waals surface area (Å²) < 4.78 is 4.64. The van der Waals surface area contributed by atoms with Gasteiger partial charge in [-0.1, -0.05) is 13.8 Å². The van der Waals surface area contributed by atoms with Crippen LogP contribution in [0.1, 0.15) is 59.3 Å². The molecule has 6 nitrogen and oxygen atoms in total. The monoisotopic (exact) mass is 322 g/mol. The molecule has 0 aromatic carbocycles. The molecule has 6 heteroatoms. The second-order valence-corrected chi connectivity index (χ2v) is 6.15. The number of amides is 1. The third-order valence-corrected chi connectivity index (χ3v) is 3.69. The van der Waals surface area contributed by atoms with E-state index >= 15 is 0 Å². The van der Waals surface area contributed by atoms with Crippen LogP contribution in [0.4, 0.5) is 0 Å². The molecule has 0 unspecified atom stereocenters. The van der Waals surface area contributed by atoms with Crippen molar-refractivity contribution in [3.8, 4) is 0 Å². The SMILES string of the molecule is COC(=O)CCN(CC(C)C)C(=O)c1[nH]c(C)c(C(C)=O)c1C. The van der Waals surface area contributed by atoms with Gasteiger partial charge < -0.3 is 14.6 Å². The molecular formula is C17H26N2O4. The molecule has 0 aliphatic rings. The Morgan fingerprint density at radius 3 is 2.26 bits per heavy atom. The summed E-state index contributed by atoms with van der Waals surface area (Å²) in [5, 5.41) is 0. The Labute approximate surface area is 137 Å². The minimum absolute atomic E-state index is 0.0692. The van der Waals surface area contributed by atoms with Crippen LogP contribution in [0.25, 0.3) is 0 Å². The van der Waals surface area contributed by atoms with Gasteiger partial charge in [0.25, 0.3) is 5.91 Å². The summed E-state index contributed by atoms with van der Waals surface area (Å²) in [6, 6.07) is 0. The summed E-state index contributed by atoms with van der Waals surface area (Å²) in [7, 11) is 1.33. The largest absolute Gasteiger partial charge is 0.469 e. The number of ketones is 1. The third kappa shape index (κ3) is 4.68. The van der Waals surface area contributed by atoms with E-state index in [2.05, 4.69) is 9.72 Å². The number of nitrogens with one attached hydrogen (secondary N) is 1. The van der Waals surface area contributed by atoms with E-state index in [0.717, 1.165) is 0 Å². The topological polar surface area (TPSA) is 79.5 Å². The summed E-state index contributed by atoms with van der Waals surface area (Å²) in [5.41, 5.74) is 2.33. The fraction of sp³-hybridized carbons (Fsp3) is 0.588. The summed E-state index contributed by atoms with van der Waals surface area (Å²) in [6.07, 6.45) is 0.146. The van der Waals surface area contributed by atoms with Crippen LogP contribution in [0, 0.1) is 19.8 Å². The van der Waals surface area contributed by atoms with Crippen molar-refractivity contribution in [1.82, 2.24) is 9.88 Å². The first-order valence-electron chi connectivity index (χ1n) is 7.75. The Morgan fingerprint density at radius 1 is 1.22 bits per heavy atom. The molecule has 0 fully saturated rings. The van der Waals surface area contributed by atoms with Crippen LogP contribution in [-0.2, 0) is 9.53 Å². The van der Waals surface area contributed by atoms with Crippen LogP contribution < -0.4 is 0 Å². The summed E-state index contributed by atoms with van der Waals surface area (Å²) in [4.78, 5) is 40.6. The van der Waals surface area contributed by atoms with Crippen LogP contribution in [0.15, 0.2) is 0 Å². The lowest BCUT2D eigenvalue weighted by Gasteiger charge is -2.24. The number of hydrogen-bond acceptors (Lipinski definition) is 4. The number of aryl methyl sites for hydroxylation is 1. The van der Waals surface area contributed by atoms with E-state index in [9.17, 15) is 14.4 Å². The molecule has 1 amide bonds. The average molecular weight is 322 g/mol. The van der Waals surface area contributed by atoms with Crippen LogP contribution >= 0.6 is 0 Å². The molecule has 1 N–H and O–H groups in total. The Kier molecular flexibility index (Phi) is 6.54. The van der Waals surface area contributed by atoms with Gasteiger partial charge in [-0.25, -0.2) is 0 Å². The van der Waals surface area contributed by atoms with Crippen molar-refractivity contribution in [2.75, 3.05) is 20.2 Å². The summed E-state index contributed by atoms with van der Waals surface area (Å²) in [5.74, 6) is -0.355. The second kappa shape index (κ2) is 7.94. The fourth-order valence-electron chi connectivity index (χ4n) is 2.69. The summed E-state index contributed by atoms with van der Waals surface area (Å²) >= 11 is 0. The van der Waals surface area contributed by atoms with Gasteiger partial charge in [0.2, 0.25) is 0 Å². The number of carbonyl (C=O) groups is 3. The first kappa shape index (κ1) is 18.9. The molecule has 0 radical (unpaired) electrons. The van der Waals surface area contributed by atoms with Gasteiger partial charge in [-0.05, 0) is 32.3 Å². The van der Waals surface area contributed by atoms with E-state index in [4.69, 9.17) is 0 Å². The van der Waals surface area contributed by atoms with Crippen LogP contribution in [0.5, 0.6) is 0 Å². The Bertz CT molecular complexity index is 602. The van der Waals surface area contributed by atoms with Crippen LogP contribution in [-0.4, -0.2) is 47.7 Å². The lowest BCUT2D eigenvalue weighted by Crippen LogP contribution is -2.36. The fourth-order valence-corrected chi connectivity index (χ4v) is 2.69. The highest BCUT2D eigenvalue weighted by Crippen LogP contribution is 2.20. The zero-order valence-electron chi connectivity index (χ0n) is 14.8. The number of nitrogens with zero attached hydrogens (tertiary/aromatic N) is 1. The molecule has 1 rings (SSSR count). The number of methoxy groups -OCH3 is 1. The van der Waals surface area contributed by atoms with Gasteiger partial charge in [-0.2, -0.15) is 0 Å². The number of ether oxygens (including phenoxy) is 1. The molecule has 0 atom stereocenters. The molecule has 0 saturated heterocycles. The maximum absolute atomic E-state index is 12.8. The van der Waals surface area contributed by atoms with Gasteiger partial charge >= 0.3 is 5.97 Å². The first-order valence-corrected chi connectivity index (χ1v) is 7.75. The smallest absolute Gasteiger partial charge is 0.307 e. The quantitative estimate of drug-likeness (QED) is 0.618. The molecule has 1 aromatic heterocycles. The van der Waals surface area contributed by atoms with E-state index in [1.165, 1.54) is 14.0 Å². The van der Waals surface area contributed by atoms with Crippen molar-refractivity contribution in [2.45, 2.75) is 41.0 Å². The molecule has 128 valence electrons. The number of hydrogen-bond donors (Lipinski definition) is 1. The molecular weight excluding hydrogens is 296 g/mol. The number of aromatic nitrogens is 1. The van der Waals surface area contributed by atoms with Crippen molar-refractivity contribution in [2.24, 2.45) is 5.92 Å². The molecule has 1 aromatic rings. The van der Waals surface area contributed by atoms with E-state index in [0.29, 0.717) is 29.1 Å². The van der Waals surface area contributed by atoms with Gasteiger partial charge in [0, 0.05) is 24.3 Å². The molecule has 0 bridgehead atoms. The minimum atomic E-state index is -0.352. The molecule has 0 aliphatic carbocycles. The number of esters is 1. The number of Topliss-reactive ketones (excluding diaryl/α,β-unsaturated/α-hetero) is 1. The normalized spacial score (nSPS) is 10.7. The number of H-pyrrole nitrogens is 1. The number of aromatic amines is 1. The molecule has 1 heterocycles. The van der Waals surface area contributed by atoms with Crippen molar-refractivity contribution in [3.05, 3.63) is 22.5 Å². The maximum atomic E-state index is 12.8. The van der Waals surface area contributed by atoms with Crippen LogP contribution in [0.2, 0.25) is 0 Å². The predicted molar refractivity (Wildman–Crippen MR) is 87.6 cm³/mol. The highest BCUT2D eigenvalue weighted by molar-refractivity contribution is 6.02. The van der Waals surface area contributed by atoms with Crippen molar-refractivity contribution >= 4 is 17.7 Å². The molecule has 0 spiro atoms. The van der Waals surface area contributed by atoms with Crippen molar-refractivity contribution in [3.63, 3.8) is 0 Å². The van der Waals surface area contributed by atoms with Crippen molar-refractivity contribution in [1.29, 1.82) is 0 Å². The predicted octanol–water partition coefficient (Wildman–Crippen LogP) is 2.50. The van der Waals surface area contributed by atoms with Gasteiger partial charge in [0.1, 0.15) is 5.69 Å². The second-order valence-electron chi connectivity index (χ2n) is 6.15. The lowest BCUT2D eigenvalue weighted by molar-refractivity contribution is -0.140. The van der Waals surface area contributed by atoms with Crippen molar-refractivity contribution < 1.29 is 19.1 Å². The molecule has 23 heavy (non-hydrogen) atoms. The third-order valence-electron chi connectivity index (χ3n) is 3.69. The molecule has 0 saturated carbocycles. The highest BCUT2D eigenvalue weighted by Gasteiger charge is 2.24. The average Bonchev–Trinajstić information content (AvgIpc) is 2.76. The van der Waals surface area contributed by atoms with Gasteiger partial charge in [-0.15, -0.1) is 0 Å². The van der Waals surface area contributed by atoms with E-state index in [-0.39, 0.29) is 36.5 Å². The number of rotatable bonds is 7. The van der Waals surface area contributed by atoms with Gasteiger partial charge in [-0.3, -0.25) is 14.4 Å². The number of carbonyl (C=O) groups excluding carboxylic acids is 3. The lowest BCUT2D eigenvalue weighted by atomic mass is 10.1.